The number of sulfonamides is 1. The van der Waals surface area contributed by atoms with Gasteiger partial charge in [-0.1, -0.05) is 0 Å². The molecule has 0 radical (unpaired) electrons. The van der Waals surface area contributed by atoms with Gasteiger partial charge in [0, 0.05) is 38.6 Å². The summed E-state index contributed by atoms with van der Waals surface area (Å²) in [5.74, 6) is 0.880. The fraction of sp³-hybridized carbons (Fsp3) is 0.765. The van der Waals surface area contributed by atoms with Gasteiger partial charge in [0.2, 0.25) is 10.0 Å². The molecule has 3 rings (SSSR count). The molecule has 1 saturated heterocycles. The second-order valence-electron chi connectivity index (χ2n) is 6.81. The monoisotopic (exact) mass is 384 g/mol. The zero-order valence-electron chi connectivity index (χ0n) is 15.7. The van der Waals surface area contributed by atoms with Crippen LogP contribution in [0, 0.1) is 0 Å². The number of fused-ring (bicyclic) bond motifs is 2. The Morgan fingerprint density at radius 3 is 2.54 bits per heavy atom. The molecule has 1 spiro atoms. The number of likely N-dealkylation sites (N-methyl/N-ethyl adjacent to an activating group) is 1. The molecule has 0 saturated carbocycles. The minimum absolute atomic E-state index is 0.0164. The molecule has 1 aromatic heterocycles. The van der Waals surface area contributed by atoms with Crippen LogP contribution < -0.4 is 0 Å². The van der Waals surface area contributed by atoms with Gasteiger partial charge in [0.05, 0.1) is 12.3 Å². The van der Waals surface area contributed by atoms with E-state index in [1.807, 2.05) is 24.6 Å². The normalized spacial score (nSPS) is 23.0. The van der Waals surface area contributed by atoms with E-state index in [2.05, 4.69) is 4.98 Å². The summed E-state index contributed by atoms with van der Waals surface area (Å²) < 4.78 is 34.2. The van der Waals surface area contributed by atoms with E-state index >= 15 is 0 Å². The number of hydrogen-bond acceptors (Lipinski definition) is 5. The molecule has 0 N–H and O–H groups in total. The molecule has 26 heavy (non-hydrogen) atoms. The van der Waals surface area contributed by atoms with E-state index < -0.39 is 21.7 Å². The quantitative estimate of drug-likeness (QED) is 0.749. The fourth-order valence-electron chi connectivity index (χ4n) is 3.91. The first-order valence-corrected chi connectivity index (χ1v) is 10.9. The van der Waals surface area contributed by atoms with Gasteiger partial charge in [-0.05, 0) is 33.6 Å². The molecule has 146 valence electrons. The number of ether oxygens (including phenoxy) is 1. The summed E-state index contributed by atoms with van der Waals surface area (Å²) in [6.07, 6.45) is 4.04. The average molecular weight is 385 g/mol. The van der Waals surface area contributed by atoms with Crippen molar-refractivity contribution in [1.82, 2.24) is 18.8 Å². The maximum atomic E-state index is 12.8. The lowest BCUT2D eigenvalue weighted by molar-refractivity contribution is -0.178. The molecule has 1 fully saturated rings. The van der Waals surface area contributed by atoms with E-state index in [9.17, 15) is 13.2 Å². The van der Waals surface area contributed by atoms with Crippen molar-refractivity contribution >= 4 is 15.9 Å². The summed E-state index contributed by atoms with van der Waals surface area (Å²) in [4.78, 5) is 19.1. The predicted octanol–water partition coefficient (Wildman–Crippen LogP) is 0.791. The Bertz CT molecular complexity index is 749. The van der Waals surface area contributed by atoms with Gasteiger partial charge in [0.15, 0.2) is 6.10 Å². The van der Waals surface area contributed by atoms with Gasteiger partial charge < -0.3 is 14.2 Å². The number of carbonyl (C=O) groups excluding carboxylic acids is 1. The third kappa shape index (κ3) is 3.27. The van der Waals surface area contributed by atoms with Crippen LogP contribution >= 0.6 is 0 Å². The van der Waals surface area contributed by atoms with Crippen molar-refractivity contribution < 1.29 is 17.9 Å². The molecule has 0 unspecified atom stereocenters. The number of hydrogen-bond donors (Lipinski definition) is 0. The molecule has 1 amide bonds. The largest absolute Gasteiger partial charge is 0.352 e. The van der Waals surface area contributed by atoms with E-state index in [-0.39, 0.29) is 11.7 Å². The highest BCUT2D eigenvalue weighted by Gasteiger charge is 2.48. The van der Waals surface area contributed by atoms with Crippen LogP contribution in [0.5, 0.6) is 0 Å². The van der Waals surface area contributed by atoms with Crippen molar-refractivity contribution in [2.75, 3.05) is 31.9 Å². The Hall–Kier alpha value is -1.45. The van der Waals surface area contributed by atoms with Crippen molar-refractivity contribution in [2.45, 2.75) is 51.9 Å². The first kappa shape index (κ1) is 19.3. The molecule has 1 aromatic rings. The molecule has 0 aromatic carbocycles. The second-order valence-corrected chi connectivity index (χ2v) is 9.07. The van der Waals surface area contributed by atoms with Crippen LogP contribution in [-0.4, -0.2) is 71.1 Å². The van der Waals surface area contributed by atoms with Crippen molar-refractivity contribution in [2.24, 2.45) is 0 Å². The smallest absolute Gasteiger partial charge is 0.253 e. The van der Waals surface area contributed by atoms with Gasteiger partial charge in [-0.2, -0.15) is 0 Å². The number of imidazole rings is 1. The predicted molar refractivity (Wildman–Crippen MR) is 97.0 cm³/mol. The van der Waals surface area contributed by atoms with Gasteiger partial charge in [-0.15, -0.1) is 0 Å². The van der Waals surface area contributed by atoms with Crippen LogP contribution in [0.15, 0.2) is 12.4 Å². The number of piperidine rings is 1. The molecule has 0 bridgehead atoms. The third-order valence-electron chi connectivity index (χ3n) is 5.49. The number of amides is 1. The van der Waals surface area contributed by atoms with Crippen molar-refractivity contribution in [1.29, 1.82) is 0 Å². The van der Waals surface area contributed by atoms with Crippen LogP contribution in [0.25, 0.3) is 0 Å². The summed E-state index contributed by atoms with van der Waals surface area (Å²) in [7, 11) is -3.22. The van der Waals surface area contributed by atoms with Crippen LogP contribution in [0.4, 0.5) is 0 Å². The SMILES string of the molecule is CCN(CC)C(=O)[C@@H]1Cn2ccnc2C2(CCN(S(=O)(=O)CC)CC2)O1. The topological polar surface area (TPSA) is 84.7 Å². The average Bonchev–Trinajstić information content (AvgIpc) is 3.12. The van der Waals surface area contributed by atoms with Gasteiger partial charge in [-0.25, -0.2) is 17.7 Å². The maximum Gasteiger partial charge on any atom is 0.253 e. The minimum Gasteiger partial charge on any atom is -0.352 e. The summed E-state index contributed by atoms with van der Waals surface area (Å²) in [6, 6.07) is 0. The standard InChI is InChI=1S/C17H28N4O4S/c1-4-19(5-2)15(22)14-13-20-12-9-18-16(20)17(25-14)7-10-21(11-8-17)26(23,24)6-3/h9,12,14H,4-8,10-11,13H2,1-3H3/t14-/m0/s1. The number of carbonyl (C=O) groups is 1. The first-order valence-electron chi connectivity index (χ1n) is 9.33. The van der Waals surface area contributed by atoms with Crippen LogP contribution in [-0.2, 0) is 31.7 Å². The van der Waals surface area contributed by atoms with Gasteiger partial charge in [0.1, 0.15) is 11.4 Å². The lowest BCUT2D eigenvalue weighted by Gasteiger charge is -2.45. The Balaban J connectivity index is 1.85. The number of nitrogens with zero attached hydrogens (tertiary/aromatic N) is 4. The maximum absolute atomic E-state index is 12.8. The van der Waals surface area contributed by atoms with Crippen molar-refractivity contribution in [3.8, 4) is 0 Å². The van der Waals surface area contributed by atoms with Crippen molar-refractivity contribution in [3.63, 3.8) is 0 Å². The highest BCUT2D eigenvalue weighted by Crippen LogP contribution is 2.40. The Morgan fingerprint density at radius 1 is 1.31 bits per heavy atom. The third-order valence-corrected chi connectivity index (χ3v) is 7.37. The van der Waals surface area contributed by atoms with E-state index in [1.54, 1.807) is 18.0 Å². The van der Waals surface area contributed by atoms with E-state index in [1.165, 1.54) is 4.31 Å². The zero-order valence-corrected chi connectivity index (χ0v) is 16.5. The van der Waals surface area contributed by atoms with E-state index in [0.29, 0.717) is 45.6 Å². The Kier molecular flexibility index (Phi) is 5.41. The highest BCUT2D eigenvalue weighted by molar-refractivity contribution is 7.89. The van der Waals surface area contributed by atoms with Gasteiger partial charge >= 0.3 is 0 Å². The Morgan fingerprint density at radius 2 is 1.96 bits per heavy atom. The summed E-state index contributed by atoms with van der Waals surface area (Å²) >= 11 is 0. The summed E-state index contributed by atoms with van der Waals surface area (Å²) in [5.41, 5.74) is -0.699. The molecule has 1 atom stereocenters. The number of aromatic nitrogens is 2. The zero-order chi connectivity index (χ0) is 18.9. The molecule has 2 aliphatic heterocycles. The van der Waals surface area contributed by atoms with E-state index in [4.69, 9.17) is 4.74 Å². The van der Waals surface area contributed by atoms with Crippen LogP contribution in [0.3, 0.4) is 0 Å². The van der Waals surface area contributed by atoms with E-state index in [0.717, 1.165) is 5.82 Å². The molecule has 2 aliphatic rings. The molecule has 8 nitrogen and oxygen atoms in total. The number of rotatable bonds is 5. The minimum atomic E-state index is -3.22. The summed E-state index contributed by atoms with van der Waals surface area (Å²) in [6.45, 7) is 8.06. The highest BCUT2D eigenvalue weighted by atomic mass is 32.2. The molecule has 3 heterocycles. The van der Waals surface area contributed by atoms with Gasteiger partial charge in [-0.3, -0.25) is 4.79 Å². The van der Waals surface area contributed by atoms with Gasteiger partial charge in [0.25, 0.3) is 5.91 Å². The Labute approximate surface area is 155 Å². The molecule has 9 heteroatoms. The second kappa shape index (κ2) is 7.28. The molecule has 0 aliphatic carbocycles. The first-order chi connectivity index (χ1) is 12.4. The lowest BCUT2D eigenvalue weighted by atomic mass is 9.89. The fourth-order valence-corrected chi connectivity index (χ4v) is 5.02. The lowest BCUT2D eigenvalue weighted by Crippen LogP contribution is -2.55. The van der Waals surface area contributed by atoms with Crippen LogP contribution in [0.2, 0.25) is 0 Å². The van der Waals surface area contributed by atoms with Crippen LogP contribution in [0.1, 0.15) is 39.4 Å². The summed E-state index contributed by atoms with van der Waals surface area (Å²) in [5, 5.41) is 0. The molecular formula is C17H28N4O4S. The molecular weight excluding hydrogens is 356 g/mol. The van der Waals surface area contributed by atoms with Crippen molar-refractivity contribution in [3.05, 3.63) is 18.2 Å².